The van der Waals surface area contributed by atoms with E-state index in [9.17, 15) is 9.59 Å². The Morgan fingerprint density at radius 1 is 1.37 bits per heavy atom. The molecule has 1 N–H and O–H groups in total. The van der Waals surface area contributed by atoms with Crippen molar-refractivity contribution in [3.8, 4) is 0 Å². The SMILES string of the molecule is CC1C(=O)OC2C1CCC1(C)Cc3sc(NC(=O)CN(C)C)nc3C(C)C21. The second kappa shape index (κ2) is 6.55. The summed E-state index contributed by atoms with van der Waals surface area (Å²) >= 11 is 1.61. The molecule has 7 heteroatoms. The Morgan fingerprint density at radius 3 is 2.81 bits per heavy atom. The molecule has 2 aliphatic carbocycles. The molecule has 2 heterocycles. The molecule has 1 saturated heterocycles. The molecule has 0 bridgehead atoms. The predicted octanol–water partition coefficient (Wildman–Crippen LogP) is 2.90. The van der Waals surface area contributed by atoms with Crippen molar-refractivity contribution in [2.75, 3.05) is 26.0 Å². The molecule has 148 valence electrons. The van der Waals surface area contributed by atoms with Crippen LogP contribution in [0.5, 0.6) is 0 Å². The third kappa shape index (κ3) is 3.09. The van der Waals surface area contributed by atoms with Crippen LogP contribution < -0.4 is 5.32 Å². The fourth-order valence-electron chi connectivity index (χ4n) is 5.58. The van der Waals surface area contributed by atoms with E-state index in [1.165, 1.54) is 4.88 Å². The molecule has 0 aromatic carbocycles. The number of amides is 1. The number of nitrogens with zero attached hydrogens (tertiary/aromatic N) is 2. The Balaban J connectivity index is 1.61. The summed E-state index contributed by atoms with van der Waals surface area (Å²) in [7, 11) is 3.75. The van der Waals surface area contributed by atoms with Crippen LogP contribution in [0.15, 0.2) is 0 Å². The summed E-state index contributed by atoms with van der Waals surface area (Å²) in [5.74, 6) is 0.774. The number of esters is 1. The van der Waals surface area contributed by atoms with Crippen LogP contribution in [0.1, 0.15) is 50.1 Å². The number of fused-ring (bicyclic) bond motifs is 4. The topological polar surface area (TPSA) is 71.5 Å². The first-order valence-electron chi connectivity index (χ1n) is 9.84. The van der Waals surface area contributed by atoms with Crippen LogP contribution in [-0.2, 0) is 20.7 Å². The Bertz CT molecular complexity index is 777. The number of rotatable bonds is 3. The first kappa shape index (κ1) is 18.9. The second-order valence-electron chi connectivity index (χ2n) is 9.15. The summed E-state index contributed by atoms with van der Waals surface area (Å²) in [6.45, 7) is 6.91. The Labute approximate surface area is 164 Å². The van der Waals surface area contributed by atoms with Gasteiger partial charge in [-0.2, -0.15) is 0 Å². The molecule has 1 amide bonds. The van der Waals surface area contributed by atoms with Gasteiger partial charge in [0.05, 0.1) is 18.2 Å². The second-order valence-corrected chi connectivity index (χ2v) is 10.2. The average Bonchev–Trinajstić information content (AvgIpc) is 3.07. The van der Waals surface area contributed by atoms with Gasteiger partial charge in [-0.25, -0.2) is 4.98 Å². The van der Waals surface area contributed by atoms with Crippen molar-refractivity contribution >= 4 is 28.3 Å². The largest absolute Gasteiger partial charge is 0.461 e. The Hall–Kier alpha value is -1.47. The van der Waals surface area contributed by atoms with Gasteiger partial charge >= 0.3 is 5.97 Å². The van der Waals surface area contributed by atoms with E-state index in [1.807, 2.05) is 25.9 Å². The molecule has 6 atom stereocenters. The first-order valence-corrected chi connectivity index (χ1v) is 10.7. The van der Waals surface area contributed by atoms with E-state index in [2.05, 4.69) is 19.2 Å². The lowest BCUT2D eigenvalue weighted by Gasteiger charge is -2.51. The van der Waals surface area contributed by atoms with Crippen LogP contribution in [-0.4, -0.2) is 48.5 Å². The summed E-state index contributed by atoms with van der Waals surface area (Å²) in [6.07, 6.45) is 3.12. The van der Waals surface area contributed by atoms with Gasteiger partial charge in [-0.1, -0.05) is 20.8 Å². The standard InChI is InChI=1S/C20H29N3O3S/c1-10-12-6-7-20(3)8-13-16(11(2)15(20)17(12)26-18(10)25)22-19(27-13)21-14(24)9-23(4)5/h10-12,15,17H,6-9H2,1-5H3,(H,21,22,24). The number of carbonyl (C=O) groups excluding carboxylic acids is 2. The highest BCUT2D eigenvalue weighted by Crippen LogP contribution is 2.59. The van der Waals surface area contributed by atoms with E-state index in [0.717, 1.165) is 25.0 Å². The zero-order valence-corrected chi connectivity index (χ0v) is 17.6. The lowest BCUT2D eigenvalue weighted by molar-refractivity contribution is -0.149. The Morgan fingerprint density at radius 2 is 2.11 bits per heavy atom. The predicted molar refractivity (Wildman–Crippen MR) is 105 cm³/mol. The molecule has 6 nitrogen and oxygen atoms in total. The maximum atomic E-state index is 12.2. The van der Waals surface area contributed by atoms with Crippen LogP contribution >= 0.6 is 11.3 Å². The van der Waals surface area contributed by atoms with Crippen molar-refractivity contribution in [1.29, 1.82) is 0 Å². The van der Waals surface area contributed by atoms with Crippen molar-refractivity contribution in [3.05, 3.63) is 10.6 Å². The van der Waals surface area contributed by atoms with Gasteiger partial charge in [0.2, 0.25) is 5.91 Å². The highest BCUT2D eigenvalue weighted by atomic mass is 32.1. The summed E-state index contributed by atoms with van der Waals surface area (Å²) in [5, 5.41) is 3.64. The van der Waals surface area contributed by atoms with E-state index in [4.69, 9.17) is 9.72 Å². The summed E-state index contributed by atoms with van der Waals surface area (Å²) in [5.41, 5.74) is 1.20. The number of hydrogen-bond acceptors (Lipinski definition) is 6. The van der Waals surface area contributed by atoms with E-state index >= 15 is 0 Å². The van der Waals surface area contributed by atoms with Gasteiger partial charge in [-0.05, 0) is 38.8 Å². The Kier molecular flexibility index (Phi) is 4.58. The van der Waals surface area contributed by atoms with Gasteiger partial charge in [-0.15, -0.1) is 11.3 Å². The molecule has 0 radical (unpaired) electrons. The number of likely N-dealkylation sites (N-methyl/N-ethyl adjacent to an activating group) is 1. The van der Waals surface area contributed by atoms with Crippen LogP contribution in [0.2, 0.25) is 0 Å². The molecule has 2 fully saturated rings. The van der Waals surface area contributed by atoms with Gasteiger partial charge in [0, 0.05) is 22.6 Å². The fourth-order valence-corrected chi connectivity index (χ4v) is 6.86. The monoisotopic (exact) mass is 391 g/mol. The third-order valence-electron chi connectivity index (χ3n) is 6.86. The maximum Gasteiger partial charge on any atom is 0.309 e. The van der Waals surface area contributed by atoms with Crippen molar-refractivity contribution in [2.45, 2.75) is 52.1 Å². The minimum atomic E-state index is -0.0408. The highest BCUT2D eigenvalue weighted by Gasteiger charge is 2.58. The molecule has 0 spiro atoms. The summed E-state index contributed by atoms with van der Waals surface area (Å²) in [6, 6.07) is 0. The van der Waals surface area contributed by atoms with Gasteiger partial charge in [0.25, 0.3) is 0 Å². The number of thiazole rings is 1. The van der Waals surface area contributed by atoms with E-state index in [1.54, 1.807) is 11.3 Å². The minimum Gasteiger partial charge on any atom is -0.461 e. The zero-order valence-electron chi connectivity index (χ0n) is 16.7. The van der Waals surface area contributed by atoms with E-state index in [-0.39, 0.29) is 35.2 Å². The van der Waals surface area contributed by atoms with Crippen molar-refractivity contribution in [1.82, 2.24) is 9.88 Å². The highest BCUT2D eigenvalue weighted by molar-refractivity contribution is 7.15. The molecule has 27 heavy (non-hydrogen) atoms. The normalized spacial score (nSPS) is 37.4. The summed E-state index contributed by atoms with van der Waals surface area (Å²) < 4.78 is 5.87. The average molecular weight is 392 g/mol. The minimum absolute atomic E-state index is 0.00267. The fraction of sp³-hybridized carbons (Fsp3) is 0.750. The smallest absolute Gasteiger partial charge is 0.309 e. The van der Waals surface area contributed by atoms with Crippen LogP contribution in [0, 0.1) is 23.2 Å². The first-order chi connectivity index (χ1) is 12.7. The third-order valence-corrected chi connectivity index (χ3v) is 7.85. The number of aromatic nitrogens is 1. The number of ether oxygens (including phenoxy) is 1. The molecular weight excluding hydrogens is 362 g/mol. The molecule has 1 aliphatic heterocycles. The molecule has 1 aromatic heterocycles. The van der Waals surface area contributed by atoms with Crippen molar-refractivity contribution in [3.63, 3.8) is 0 Å². The van der Waals surface area contributed by atoms with Crippen LogP contribution in [0.3, 0.4) is 0 Å². The molecule has 6 unspecified atom stereocenters. The van der Waals surface area contributed by atoms with Crippen LogP contribution in [0.4, 0.5) is 5.13 Å². The number of anilines is 1. The van der Waals surface area contributed by atoms with E-state index in [0.29, 0.717) is 23.5 Å². The molecule has 1 aromatic rings. The van der Waals surface area contributed by atoms with Crippen LogP contribution in [0.25, 0.3) is 0 Å². The lowest BCUT2D eigenvalue weighted by atomic mass is 9.54. The van der Waals surface area contributed by atoms with E-state index < -0.39 is 0 Å². The van der Waals surface area contributed by atoms with Crippen molar-refractivity contribution < 1.29 is 14.3 Å². The van der Waals surface area contributed by atoms with Gasteiger partial charge < -0.3 is 15.0 Å². The number of carbonyl (C=O) groups is 2. The van der Waals surface area contributed by atoms with Gasteiger partial charge in [0.15, 0.2) is 5.13 Å². The zero-order chi connectivity index (χ0) is 19.5. The quantitative estimate of drug-likeness (QED) is 0.802. The maximum absolute atomic E-state index is 12.2. The van der Waals surface area contributed by atoms with Gasteiger partial charge in [0.1, 0.15) is 6.10 Å². The molecule has 3 aliphatic rings. The lowest BCUT2D eigenvalue weighted by Crippen LogP contribution is -2.50. The summed E-state index contributed by atoms with van der Waals surface area (Å²) in [4.78, 5) is 32.2. The molecule has 1 saturated carbocycles. The molecular formula is C20H29N3O3S. The van der Waals surface area contributed by atoms with Gasteiger partial charge in [-0.3, -0.25) is 9.59 Å². The number of hydrogen-bond donors (Lipinski definition) is 1. The number of nitrogens with one attached hydrogen (secondary N) is 1. The molecule has 4 rings (SSSR count). The van der Waals surface area contributed by atoms with Crippen molar-refractivity contribution in [2.24, 2.45) is 23.2 Å².